The van der Waals surface area contributed by atoms with Crippen molar-refractivity contribution in [3.05, 3.63) is 69.1 Å². The summed E-state index contributed by atoms with van der Waals surface area (Å²) in [6, 6.07) is 10.4. The molecule has 0 saturated carbocycles. The fraction of sp³-hybridized carbons (Fsp3) is 0.350. The number of aliphatic carboxylic acids is 1. The van der Waals surface area contributed by atoms with Crippen LogP contribution in [-0.2, 0) is 23.1 Å². The Labute approximate surface area is 151 Å². The third kappa shape index (κ3) is 3.40. The maximum absolute atomic E-state index is 12.5. The zero-order valence-electron chi connectivity index (χ0n) is 14.7. The number of H-pyrrole nitrogens is 1. The van der Waals surface area contributed by atoms with Crippen LogP contribution in [0.2, 0.25) is 0 Å². The van der Waals surface area contributed by atoms with E-state index in [2.05, 4.69) is 10.3 Å². The Balaban J connectivity index is 1.82. The Morgan fingerprint density at radius 3 is 2.58 bits per heavy atom. The number of carboxylic acid groups (broad SMARTS) is 1. The van der Waals surface area contributed by atoms with Gasteiger partial charge < -0.3 is 15.4 Å². The summed E-state index contributed by atoms with van der Waals surface area (Å²) in [5.74, 6) is -1.59. The molecule has 0 fully saturated rings. The van der Waals surface area contributed by atoms with E-state index in [1.54, 1.807) is 43.3 Å². The number of pyridine rings is 1. The van der Waals surface area contributed by atoms with Crippen LogP contribution in [0.4, 0.5) is 0 Å². The van der Waals surface area contributed by atoms with E-state index < -0.39 is 22.9 Å². The molecule has 1 unspecified atom stereocenters. The predicted octanol–water partition coefficient (Wildman–Crippen LogP) is 2.03. The molecule has 1 aliphatic carbocycles. The number of aromatic nitrogens is 1. The molecule has 0 aliphatic heterocycles. The van der Waals surface area contributed by atoms with Crippen LogP contribution >= 0.6 is 0 Å². The number of hydrogen-bond donors (Lipinski definition) is 3. The van der Waals surface area contributed by atoms with Crippen molar-refractivity contribution in [3.63, 3.8) is 0 Å². The Morgan fingerprint density at radius 1 is 1.19 bits per heavy atom. The van der Waals surface area contributed by atoms with Crippen molar-refractivity contribution in [3.8, 4) is 0 Å². The van der Waals surface area contributed by atoms with Gasteiger partial charge in [0.25, 0.3) is 11.5 Å². The quantitative estimate of drug-likeness (QED) is 0.765. The molecule has 1 aliphatic rings. The molecular formula is C20H22N2O4. The normalized spacial score (nSPS) is 15.6. The Bertz CT molecular complexity index is 888. The van der Waals surface area contributed by atoms with Crippen LogP contribution in [0.25, 0.3) is 0 Å². The van der Waals surface area contributed by atoms with E-state index in [1.165, 1.54) is 0 Å². The van der Waals surface area contributed by atoms with Crippen LogP contribution in [0.5, 0.6) is 0 Å². The molecule has 3 N–H and O–H groups in total. The maximum Gasteiger partial charge on any atom is 0.315 e. The van der Waals surface area contributed by atoms with Gasteiger partial charge in [-0.2, -0.15) is 0 Å². The van der Waals surface area contributed by atoms with E-state index in [1.807, 2.05) is 0 Å². The van der Waals surface area contributed by atoms with Gasteiger partial charge in [-0.15, -0.1) is 0 Å². The molecule has 2 aromatic rings. The van der Waals surface area contributed by atoms with Gasteiger partial charge in [0.1, 0.15) is 11.0 Å². The summed E-state index contributed by atoms with van der Waals surface area (Å²) in [5.41, 5.74) is 0.804. The molecule has 1 atom stereocenters. The SMILES string of the molecule is CC(CNC(=O)c1cc2c([nH]c1=O)CCCC2)(C(=O)O)c1ccccc1. The van der Waals surface area contributed by atoms with E-state index in [0.29, 0.717) is 5.56 Å². The van der Waals surface area contributed by atoms with E-state index in [9.17, 15) is 19.5 Å². The van der Waals surface area contributed by atoms with Gasteiger partial charge in [-0.05, 0) is 49.8 Å². The first-order chi connectivity index (χ1) is 12.4. The number of carboxylic acids is 1. The molecular weight excluding hydrogens is 332 g/mol. The van der Waals surface area contributed by atoms with Gasteiger partial charge in [-0.25, -0.2) is 0 Å². The summed E-state index contributed by atoms with van der Waals surface area (Å²) >= 11 is 0. The van der Waals surface area contributed by atoms with Crippen LogP contribution in [0.1, 0.15) is 46.9 Å². The summed E-state index contributed by atoms with van der Waals surface area (Å²) < 4.78 is 0. The van der Waals surface area contributed by atoms with Crippen molar-refractivity contribution >= 4 is 11.9 Å². The maximum atomic E-state index is 12.5. The summed E-state index contributed by atoms with van der Waals surface area (Å²) in [6.45, 7) is 1.45. The highest BCUT2D eigenvalue weighted by Crippen LogP contribution is 2.23. The second kappa shape index (κ2) is 7.15. The molecule has 1 aromatic carbocycles. The topological polar surface area (TPSA) is 99.3 Å². The molecule has 0 bridgehead atoms. The zero-order chi connectivity index (χ0) is 18.7. The molecule has 6 nitrogen and oxygen atoms in total. The Morgan fingerprint density at radius 2 is 1.88 bits per heavy atom. The molecule has 1 aromatic heterocycles. The minimum atomic E-state index is -1.28. The summed E-state index contributed by atoms with van der Waals surface area (Å²) in [6.07, 6.45) is 3.72. The summed E-state index contributed by atoms with van der Waals surface area (Å²) in [7, 11) is 0. The standard InChI is InChI=1S/C20H22N2O4/c1-20(19(25)26,14-8-3-2-4-9-14)12-21-17(23)15-11-13-7-5-6-10-16(13)22-18(15)24/h2-4,8-9,11H,5-7,10,12H2,1H3,(H,21,23)(H,22,24)(H,25,26). The minimum Gasteiger partial charge on any atom is -0.481 e. The highest BCUT2D eigenvalue weighted by Gasteiger charge is 2.35. The second-order valence-electron chi connectivity index (χ2n) is 6.91. The zero-order valence-corrected chi connectivity index (χ0v) is 14.7. The fourth-order valence-electron chi connectivity index (χ4n) is 3.30. The van der Waals surface area contributed by atoms with Crippen molar-refractivity contribution in [2.24, 2.45) is 0 Å². The highest BCUT2D eigenvalue weighted by atomic mass is 16.4. The lowest BCUT2D eigenvalue weighted by Crippen LogP contribution is -2.45. The van der Waals surface area contributed by atoms with E-state index in [0.717, 1.165) is 36.9 Å². The van der Waals surface area contributed by atoms with Gasteiger partial charge in [-0.1, -0.05) is 30.3 Å². The third-order valence-corrected chi connectivity index (χ3v) is 5.07. The minimum absolute atomic E-state index is 0.0338. The Kier molecular flexibility index (Phi) is 4.93. The van der Waals surface area contributed by atoms with Crippen LogP contribution in [-0.4, -0.2) is 28.5 Å². The predicted molar refractivity (Wildman–Crippen MR) is 97.5 cm³/mol. The monoisotopic (exact) mass is 354 g/mol. The number of hydrogen-bond acceptors (Lipinski definition) is 3. The highest BCUT2D eigenvalue weighted by molar-refractivity contribution is 5.94. The van der Waals surface area contributed by atoms with Crippen molar-refractivity contribution < 1.29 is 14.7 Å². The lowest BCUT2D eigenvalue weighted by atomic mass is 9.82. The molecule has 6 heteroatoms. The fourth-order valence-corrected chi connectivity index (χ4v) is 3.30. The van der Waals surface area contributed by atoms with Crippen molar-refractivity contribution in [2.45, 2.75) is 38.0 Å². The molecule has 1 amide bonds. The van der Waals surface area contributed by atoms with Gasteiger partial charge in [0, 0.05) is 12.2 Å². The number of rotatable bonds is 5. The number of fused-ring (bicyclic) bond motifs is 1. The molecule has 0 radical (unpaired) electrons. The summed E-state index contributed by atoms with van der Waals surface area (Å²) in [4.78, 5) is 39.4. The molecule has 0 spiro atoms. The number of aromatic amines is 1. The molecule has 0 saturated heterocycles. The first-order valence-electron chi connectivity index (χ1n) is 8.74. The average Bonchev–Trinajstić information content (AvgIpc) is 2.65. The third-order valence-electron chi connectivity index (χ3n) is 5.07. The number of carbonyl (C=O) groups is 2. The first-order valence-corrected chi connectivity index (χ1v) is 8.74. The van der Waals surface area contributed by atoms with Gasteiger partial charge in [0.05, 0.1) is 0 Å². The number of aryl methyl sites for hydroxylation is 2. The number of benzene rings is 1. The van der Waals surface area contributed by atoms with Gasteiger partial charge in [0.2, 0.25) is 0 Å². The smallest absolute Gasteiger partial charge is 0.315 e. The lowest BCUT2D eigenvalue weighted by molar-refractivity contribution is -0.142. The largest absolute Gasteiger partial charge is 0.481 e. The molecule has 136 valence electrons. The number of carbonyl (C=O) groups excluding carboxylic acids is 1. The number of amides is 1. The van der Waals surface area contributed by atoms with Crippen LogP contribution < -0.4 is 10.9 Å². The Hall–Kier alpha value is -2.89. The number of nitrogens with one attached hydrogen (secondary N) is 2. The molecule has 26 heavy (non-hydrogen) atoms. The van der Waals surface area contributed by atoms with Crippen LogP contribution in [0.15, 0.2) is 41.2 Å². The van der Waals surface area contributed by atoms with Crippen molar-refractivity contribution in [1.29, 1.82) is 0 Å². The van der Waals surface area contributed by atoms with Crippen molar-refractivity contribution in [1.82, 2.24) is 10.3 Å². The summed E-state index contributed by atoms with van der Waals surface area (Å²) in [5, 5.41) is 12.3. The van der Waals surface area contributed by atoms with Crippen molar-refractivity contribution in [2.75, 3.05) is 6.54 Å². The average molecular weight is 354 g/mol. The van der Waals surface area contributed by atoms with Crippen LogP contribution in [0, 0.1) is 0 Å². The van der Waals surface area contributed by atoms with Gasteiger partial charge in [-0.3, -0.25) is 14.4 Å². The lowest BCUT2D eigenvalue weighted by Gasteiger charge is -2.25. The van der Waals surface area contributed by atoms with E-state index in [4.69, 9.17) is 0 Å². The van der Waals surface area contributed by atoms with Gasteiger partial charge >= 0.3 is 5.97 Å². The van der Waals surface area contributed by atoms with E-state index in [-0.39, 0.29) is 12.1 Å². The first kappa shape index (κ1) is 17.9. The second-order valence-corrected chi connectivity index (χ2v) is 6.91. The molecule has 1 heterocycles. The molecule has 3 rings (SSSR count). The van der Waals surface area contributed by atoms with Gasteiger partial charge in [0.15, 0.2) is 0 Å². The van der Waals surface area contributed by atoms with E-state index >= 15 is 0 Å². The van der Waals surface area contributed by atoms with Crippen LogP contribution in [0.3, 0.4) is 0 Å².